The minimum absolute atomic E-state index is 0.0819. The molecule has 2 heterocycles. The molecule has 2 rings (SSSR count). The van der Waals surface area contributed by atoms with Crippen LogP contribution in [0.5, 0.6) is 0 Å². The lowest BCUT2D eigenvalue weighted by Gasteiger charge is -2.38. The molecule has 2 aliphatic rings. The van der Waals surface area contributed by atoms with Crippen LogP contribution in [0.1, 0.15) is 20.3 Å². The second-order valence-electron chi connectivity index (χ2n) is 5.12. The van der Waals surface area contributed by atoms with Crippen LogP contribution in [-0.4, -0.2) is 53.8 Å². The molecule has 3 unspecified atom stereocenters. The Morgan fingerprint density at radius 1 is 1.40 bits per heavy atom. The third kappa shape index (κ3) is 3.09. The number of rotatable bonds is 2. The van der Waals surface area contributed by atoms with Crippen LogP contribution >= 0.6 is 11.8 Å². The maximum Gasteiger partial charge on any atom is 0.0659 e. The van der Waals surface area contributed by atoms with Crippen LogP contribution < -0.4 is 5.73 Å². The van der Waals surface area contributed by atoms with Gasteiger partial charge in [-0.25, -0.2) is 0 Å². The van der Waals surface area contributed by atoms with Crippen molar-refractivity contribution in [1.29, 1.82) is 0 Å². The summed E-state index contributed by atoms with van der Waals surface area (Å²) in [5.74, 6) is 0. The number of nitrogens with zero attached hydrogens (tertiary/aromatic N) is 1. The molecule has 0 amide bonds. The Bertz CT molecular complexity index is 209. The zero-order valence-electron chi connectivity index (χ0n) is 9.74. The Balaban J connectivity index is 1.87. The van der Waals surface area contributed by atoms with Crippen molar-refractivity contribution in [3.8, 4) is 0 Å². The highest BCUT2D eigenvalue weighted by atomic mass is 32.2. The average molecular weight is 230 g/mol. The predicted octanol–water partition coefficient (Wildman–Crippen LogP) is 0.930. The highest BCUT2D eigenvalue weighted by Crippen LogP contribution is 2.26. The van der Waals surface area contributed by atoms with E-state index in [-0.39, 0.29) is 5.54 Å². The third-order valence-corrected chi connectivity index (χ3v) is 4.39. The fourth-order valence-corrected chi connectivity index (χ4v) is 3.99. The van der Waals surface area contributed by atoms with Crippen molar-refractivity contribution in [3.05, 3.63) is 0 Å². The molecule has 3 nitrogen and oxygen atoms in total. The molecule has 15 heavy (non-hydrogen) atoms. The standard InChI is InChI=1S/C11H22N2OS/c1-9-5-13(6-10(2)15-9)7-11(12)3-4-14-8-11/h9-10H,3-8,12H2,1-2H3. The van der Waals surface area contributed by atoms with Crippen molar-refractivity contribution in [3.63, 3.8) is 0 Å². The van der Waals surface area contributed by atoms with E-state index in [0.717, 1.165) is 36.7 Å². The fraction of sp³-hybridized carbons (Fsp3) is 1.00. The molecule has 2 saturated heterocycles. The van der Waals surface area contributed by atoms with Crippen LogP contribution in [0, 0.1) is 0 Å². The molecular formula is C11H22N2OS. The Labute approximate surface area is 96.7 Å². The molecular weight excluding hydrogens is 208 g/mol. The number of hydrogen-bond acceptors (Lipinski definition) is 4. The first-order chi connectivity index (χ1) is 7.07. The van der Waals surface area contributed by atoms with Gasteiger partial charge in [-0.15, -0.1) is 0 Å². The highest BCUT2D eigenvalue weighted by molar-refractivity contribution is 8.00. The number of thioether (sulfide) groups is 1. The van der Waals surface area contributed by atoms with Gasteiger partial charge in [-0.3, -0.25) is 4.90 Å². The average Bonchev–Trinajstić information content (AvgIpc) is 2.49. The molecule has 0 aromatic heterocycles. The fourth-order valence-electron chi connectivity index (χ4n) is 2.61. The zero-order chi connectivity index (χ0) is 10.9. The summed E-state index contributed by atoms with van der Waals surface area (Å²) >= 11 is 2.09. The summed E-state index contributed by atoms with van der Waals surface area (Å²) in [6.07, 6.45) is 1.01. The second-order valence-corrected chi connectivity index (χ2v) is 7.00. The van der Waals surface area contributed by atoms with E-state index < -0.39 is 0 Å². The Morgan fingerprint density at radius 2 is 2.07 bits per heavy atom. The summed E-state index contributed by atoms with van der Waals surface area (Å²) in [4.78, 5) is 2.51. The van der Waals surface area contributed by atoms with Crippen molar-refractivity contribution >= 4 is 11.8 Å². The zero-order valence-corrected chi connectivity index (χ0v) is 10.6. The van der Waals surface area contributed by atoms with E-state index in [1.54, 1.807) is 0 Å². The van der Waals surface area contributed by atoms with Gasteiger partial charge >= 0.3 is 0 Å². The molecule has 2 aliphatic heterocycles. The van der Waals surface area contributed by atoms with Gasteiger partial charge in [-0.05, 0) is 6.42 Å². The molecule has 0 aromatic carbocycles. The molecule has 0 bridgehead atoms. The number of nitrogens with two attached hydrogens (primary N) is 1. The van der Waals surface area contributed by atoms with Gasteiger partial charge in [-0.1, -0.05) is 13.8 Å². The van der Waals surface area contributed by atoms with E-state index in [1.807, 2.05) is 0 Å². The van der Waals surface area contributed by atoms with Crippen LogP contribution in [0.3, 0.4) is 0 Å². The monoisotopic (exact) mass is 230 g/mol. The smallest absolute Gasteiger partial charge is 0.0659 e. The molecule has 2 N–H and O–H groups in total. The van der Waals surface area contributed by atoms with E-state index in [9.17, 15) is 0 Å². The molecule has 88 valence electrons. The summed E-state index contributed by atoms with van der Waals surface area (Å²) < 4.78 is 5.40. The van der Waals surface area contributed by atoms with Crippen molar-refractivity contribution < 1.29 is 4.74 Å². The van der Waals surface area contributed by atoms with Crippen LogP contribution in [0.2, 0.25) is 0 Å². The van der Waals surface area contributed by atoms with Crippen LogP contribution in [0.15, 0.2) is 0 Å². The SMILES string of the molecule is CC1CN(CC2(N)CCOC2)CC(C)S1. The van der Waals surface area contributed by atoms with Gasteiger partial charge in [0.15, 0.2) is 0 Å². The normalized spacial score (nSPS) is 43.4. The predicted molar refractivity (Wildman–Crippen MR) is 65.3 cm³/mol. The van der Waals surface area contributed by atoms with E-state index >= 15 is 0 Å². The third-order valence-electron chi connectivity index (χ3n) is 3.17. The van der Waals surface area contributed by atoms with Gasteiger partial charge in [0, 0.05) is 36.7 Å². The maximum atomic E-state index is 6.31. The minimum Gasteiger partial charge on any atom is -0.379 e. The van der Waals surface area contributed by atoms with E-state index in [4.69, 9.17) is 10.5 Å². The quantitative estimate of drug-likeness (QED) is 0.766. The molecule has 3 atom stereocenters. The number of hydrogen-bond donors (Lipinski definition) is 1. The Hall–Kier alpha value is 0.230. The summed E-state index contributed by atoms with van der Waals surface area (Å²) in [6, 6.07) is 0. The molecule has 0 saturated carbocycles. The second kappa shape index (κ2) is 4.62. The van der Waals surface area contributed by atoms with Gasteiger partial charge in [0.2, 0.25) is 0 Å². The van der Waals surface area contributed by atoms with E-state index in [2.05, 4.69) is 30.5 Å². The Kier molecular flexibility index (Phi) is 3.60. The highest BCUT2D eigenvalue weighted by Gasteiger charge is 2.34. The first-order valence-electron chi connectivity index (χ1n) is 5.82. The largest absolute Gasteiger partial charge is 0.379 e. The maximum absolute atomic E-state index is 6.31. The summed E-state index contributed by atoms with van der Waals surface area (Å²) in [7, 11) is 0. The molecule has 4 heteroatoms. The topological polar surface area (TPSA) is 38.5 Å². The molecule has 0 radical (unpaired) electrons. The van der Waals surface area contributed by atoms with Crippen LogP contribution in [0.4, 0.5) is 0 Å². The first-order valence-corrected chi connectivity index (χ1v) is 6.76. The molecule has 0 aliphatic carbocycles. The van der Waals surface area contributed by atoms with Crippen molar-refractivity contribution in [2.45, 2.75) is 36.3 Å². The van der Waals surface area contributed by atoms with Gasteiger partial charge in [0.05, 0.1) is 12.1 Å². The summed E-state index contributed by atoms with van der Waals surface area (Å²) in [5, 5.41) is 1.47. The van der Waals surface area contributed by atoms with Crippen molar-refractivity contribution in [2.24, 2.45) is 5.73 Å². The van der Waals surface area contributed by atoms with E-state index in [0.29, 0.717) is 0 Å². The molecule has 2 fully saturated rings. The lowest BCUT2D eigenvalue weighted by molar-refractivity contribution is 0.152. The molecule has 0 spiro atoms. The lowest BCUT2D eigenvalue weighted by atomic mass is 9.99. The van der Waals surface area contributed by atoms with Gasteiger partial charge in [0.1, 0.15) is 0 Å². The summed E-state index contributed by atoms with van der Waals surface area (Å²) in [5.41, 5.74) is 6.23. The Morgan fingerprint density at radius 3 is 2.60 bits per heavy atom. The summed E-state index contributed by atoms with van der Waals surface area (Å²) in [6.45, 7) is 9.54. The first kappa shape index (κ1) is 11.7. The number of ether oxygens (including phenoxy) is 1. The molecule has 0 aromatic rings. The van der Waals surface area contributed by atoms with Crippen molar-refractivity contribution in [2.75, 3.05) is 32.8 Å². The van der Waals surface area contributed by atoms with Crippen LogP contribution in [-0.2, 0) is 4.74 Å². The van der Waals surface area contributed by atoms with E-state index in [1.165, 1.54) is 13.1 Å². The van der Waals surface area contributed by atoms with Gasteiger partial charge in [-0.2, -0.15) is 11.8 Å². The van der Waals surface area contributed by atoms with Crippen molar-refractivity contribution in [1.82, 2.24) is 4.90 Å². The van der Waals surface area contributed by atoms with Crippen LogP contribution in [0.25, 0.3) is 0 Å². The van der Waals surface area contributed by atoms with Gasteiger partial charge in [0.25, 0.3) is 0 Å². The lowest BCUT2D eigenvalue weighted by Crippen LogP contribution is -2.54. The van der Waals surface area contributed by atoms with Gasteiger partial charge < -0.3 is 10.5 Å². The minimum atomic E-state index is -0.0819.